The average Bonchev–Trinajstić information content (AvgIpc) is 2.84. The summed E-state index contributed by atoms with van der Waals surface area (Å²) in [6.45, 7) is 6.09. The molecule has 0 N–H and O–H groups in total. The minimum atomic E-state index is -0.0779. The van der Waals surface area contributed by atoms with E-state index < -0.39 is 0 Å². The SMILES string of the molecule is Cc1cc2nc(-c3ccccc3Br)n3c(=O)cc(C)n3c2cc1C. The molecular weight excluding hydrogens is 366 g/mol. The Hall–Kier alpha value is -2.40. The van der Waals surface area contributed by atoms with Gasteiger partial charge >= 0.3 is 0 Å². The molecule has 0 radical (unpaired) electrons. The predicted octanol–water partition coefficient (Wildman–Crippen LogP) is 4.30. The van der Waals surface area contributed by atoms with Gasteiger partial charge in [-0.15, -0.1) is 0 Å². The predicted molar refractivity (Wildman–Crippen MR) is 99.8 cm³/mol. The van der Waals surface area contributed by atoms with Crippen molar-refractivity contribution in [1.82, 2.24) is 14.0 Å². The fourth-order valence-electron chi connectivity index (χ4n) is 3.08. The van der Waals surface area contributed by atoms with Crippen molar-refractivity contribution in [2.45, 2.75) is 20.8 Å². The fourth-order valence-corrected chi connectivity index (χ4v) is 3.54. The third-order valence-electron chi connectivity index (χ3n) is 4.44. The molecule has 2 aromatic heterocycles. The third-order valence-corrected chi connectivity index (χ3v) is 5.13. The minimum Gasteiger partial charge on any atom is -0.267 e. The van der Waals surface area contributed by atoms with Crippen LogP contribution in [0.1, 0.15) is 16.8 Å². The first-order valence-electron chi connectivity index (χ1n) is 7.74. The summed E-state index contributed by atoms with van der Waals surface area (Å²) in [6, 6.07) is 13.6. The summed E-state index contributed by atoms with van der Waals surface area (Å²) in [5.41, 5.74) is 5.89. The Morgan fingerprint density at radius 1 is 0.958 bits per heavy atom. The largest absolute Gasteiger partial charge is 0.273 e. The van der Waals surface area contributed by atoms with Gasteiger partial charge in [0.25, 0.3) is 5.56 Å². The second kappa shape index (κ2) is 5.31. The van der Waals surface area contributed by atoms with Crippen molar-refractivity contribution in [2.75, 3.05) is 0 Å². The van der Waals surface area contributed by atoms with E-state index in [4.69, 9.17) is 4.98 Å². The van der Waals surface area contributed by atoms with Crippen LogP contribution in [0.2, 0.25) is 0 Å². The lowest BCUT2D eigenvalue weighted by atomic mass is 10.1. The topological polar surface area (TPSA) is 38.8 Å². The highest BCUT2D eigenvalue weighted by atomic mass is 79.9. The van der Waals surface area contributed by atoms with E-state index >= 15 is 0 Å². The minimum absolute atomic E-state index is 0.0779. The Bertz CT molecular complexity index is 1170. The maximum absolute atomic E-state index is 12.6. The molecule has 4 aromatic rings. The van der Waals surface area contributed by atoms with Crippen LogP contribution in [0.15, 0.2) is 51.7 Å². The summed E-state index contributed by atoms with van der Waals surface area (Å²) < 4.78 is 4.51. The molecule has 0 spiro atoms. The van der Waals surface area contributed by atoms with Crippen LogP contribution in [0.4, 0.5) is 0 Å². The Kier molecular flexibility index (Phi) is 3.35. The van der Waals surface area contributed by atoms with Crippen LogP contribution >= 0.6 is 15.9 Å². The van der Waals surface area contributed by atoms with Gasteiger partial charge in [0, 0.05) is 21.8 Å². The Balaban J connectivity index is 2.27. The van der Waals surface area contributed by atoms with Gasteiger partial charge in [-0.25, -0.2) is 9.50 Å². The fraction of sp³-hybridized carbons (Fsp3) is 0.158. The molecule has 5 heteroatoms. The molecule has 0 bridgehead atoms. The van der Waals surface area contributed by atoms with Crippen molar-refractivity contribution >= 4 is 27.0 Å². The molecule has 4 rings (SSSR count). The third kappa shape index (κ3) is 2.12. The van der Waals surface area contributed by atoms with Crippen molar-refractivity contribution < 1.29 is 0 Å². The molecular formula is C19H16BrN3O. The maximum Gasteiger partial charge on any atom is 0.273 e. The molecule has 0 saturated heterocycles. The van der Waals surface area contributed by atoms with Gasteiger partial charge in [0.1, 0.15) is 0 Å². The highest BCUT2D eigenvalue weighted by Gasteiger charge is 2.16. The number of hydrogen-bond donors (Lipinski definition) is 0. The van der Waals surface area contributed by atoms with Crippen molar-refractivity contribution in [2.24, 2.45) is 0 Å². The zero-order valence-electron chi connectivity index (χ0n) is 13.7. The van der Waals surface area contributed by atoms with Crippen LogP contribution in [0.3, 0.4) is 0 Å². The molecule has 0 aliphatic rings. The Labute approximate surface area is 147 Å². The standard InChI is InChI=1S/C19H16BrN3O/c1-11-8-16-17(9-12(11)2)22-13(3)10-18(24)23(22)19(21-16)14-6-4-5-7-15(14)20/h4-10H,1-3H3. The van der Waals surface area contributed by atoms with Gasteiger partial charge in [0.15, 0.2) is 5.82 Å². The molecule has 0 atom stereocenters. The number of nitrogens with zero attached hydrogens (tertiary/aromatic N) is 3. The summed E-state index contributed by atoms with van der Waals surface area (Å²) in [5.74, 6) is 0.635. The highest BCUT2D eigenvalue weighted by Crippen LogP contribution is 2.28. The van der Waals surface area contributed by atoms with Crippen molar-refractivity contribution in [3.05, 3.63) is 74.1 Å². The normalized spacial score (nSPS) is 11.5. The second-order valence-electron chi connectivity index (χ2n) is 6.09. The number of fused-ring (bicyclic) bond motifs is 3. The lowest BCUT2D eigenvalue weighted by Crippen LogP contribution is -2.16. The Morgan fingerprint density at radius 2 is 1.67 bits per heavy atom. The van der Waals surface area contributed by atoms with Gasteiger partial charge in [-0.05, 0) is 50.1 Å². The first-order valence-corrected chi connectivity index (χ1v) is 8.54. The van der Waals surface area contributed by atoms with Gasteiger partial charge in [-0.1, -0.05) is 34.1 Å². The van der Waals surface area contributed by atoms with Crippen molar-refractivity contribution in [1.29, 1.82) is 0 Å². The van der Waals surface area contributed by atoms with Crippen LogP contribution in [-0.4, -0.2) is 14.0 Å². The summed E-state index contributed by atoms with van der Waals surface area (Å²) in [4.78, 5) is 17.4. The first kappa shape index (κ1) is 15.1. The van der Waals surface area contributed by atoms with Gasteiger partial charge < -0.3 is 0 Å². The van der Waals surface area contributed by atoms with E-state index in [1.54, 1.807) is 10.6 Å². The van der Waals surface area contributed by atoms with Crippen LogP contribution in [0.5, 0.6) is 0 Å². The molecule has 0 amide bonds. The second-order valence-corrected chi connectivity index (χ2v) is 6.94. The first-order chi connectivity index (χ1) is 11.5. The van der Waals surface area contributed by atoms with Crippen molar-refractivity contribution in [3.8, 4) is 11.4 Å². The Morgan fingerprint density at radius 3 is 2.42 bits per heavy atom. The van der Waals surface area contributed by atoms with E-state index in [0.29, 0.717) is 5.82 Å². The van der Waals surface area contributed by atoms with Crippen molar-refractivity contribution in [3.63, 3.8) is 0 Å². The van der Waals surface area contributed by atoms with Gasteiger partial charge in [-0.2, -0.15) is 4.52 Å². The molecule has 0 aliphatic heterocycles. The van der Waals surface area contributed by atoms with Gasteiger partial charge in [-0.3, -0.25) is 4.79 Å². The number of benzene rings is 2. The van der Waals surface area contributed by atoms with E-state index in [-0.39, 0.29) is 5.56 Å². The molecule has 120 valence electrons. The zero-order chi connectivity index (χ0) is 17.0. The molecule has 0 aliphatic carbocycles. The monoisotopic (exact) mass is 381 g/mol. The molecule has 0 saturated carbocycles. The van der Waals surface area contributed by atoms with Crippen LogP contribution in [0, 0.1) is 20.8 Å². The molecule has 24 heavy (non-hydrogen) atoms. The van der Waals surface area contributed by atoms with E-state index in [0.717, 1.165) is 26.8 Å². The van der Waals surface area contributed by atoms with E-state index in [1.807, 2.05) is 35.7 Å². The number of halogens is 1. The summed E-state index contributed by atoms with van der Waals surface area (Å²) in [6.07, 6.45) is 0. The molecule has 0 fully saturated rings. The van der Waals surface area contributed by atoms with Gasteiger partial charge in [0.2, 0.25) is 0 Å². The van der Waals surface area contributed by atoms with E-state index in [1.165, 1.54) is 11.1 Å². The smallest absolute Gasteiger partial charge is 0.267 e. The maximum atomic E-state index is 12.6. The van der Waals surface area contributed by atoms with Crippen LogP contribution in [-0.2, 0) is 0 Å². The summed E-state index contributed by atoms with van der Waals surface area (Å²) in [5, 5.41) is 0. The lowest BCUT2D eigenvalue weighted by Gasteiger charge is -2.13. The molecule has 0 unspecified atom stereocenters. The number of rotatable bonds is 1. The van der Waals surface area contributed by atoms with E-state index in [2.05, 4.69) is 41.9 Å². The van der Waals surface area contributed by atoms with Gasteiger partial charge in [0.05, 0.1) is 11.0 Å². The highest BCUT2D eigenvalue weighted by molar-refractivity contribution is 9.10. The number of hydrogen-bond acceptors (Lipinski definition) is 2. The summed E-state index contributed by atoms with van der Waals surface area (Å²) in [7, 11) is 0. The lowest BCUT2D eigenvalue weighted by molar-refractivity contribution is 0.791. The average molecular weight is 382 g/mol. The van der Waals surface area contributed by atoms with Crippen LogP contribution < -0.4 is 5.56 Å². The quantitative estimate of drug-likeness (QED) is 0.492. The zero-order valence-corrected chi connectivity index (χ0v) is 15.3. The number of aryl methyl sites for hydroxylation is 3. The number of aromatic nitrogens is 3. The van der Waals surface area contributed by atoms with E-state index in [9.17, 15) is 4.79 Å². The molecule has 2 aromatic carbocycles. The molecule has 2 heterocycles. The van der Waals surface area contributed by atoms with Crippen LogP contribution in [0.25, 0.3) is 22.4 Å². The molecule has 4 nitrogen and oxygen atoms in total. The summed E-state index contributed by atoms with van der Waals surface area (Å²) >= 11 is 3.58.